The van der Waals surface area contributed by atoms with Crippen molar-refractivity contribution in [2.75, 3.05) is 0 Å². The van der Waals surface area contributed by atoms with Gasteiger partial charge in [-0.15, -0.1) is 0 Å². The molecule has 3 rings (SSSR count). The molecule has 3 aromatic rings. The predicted octanol–water partition coefficient (Wildman–Crippen LogP) is 4.45. The highest BCUT2D eigenvalue weighted by atomic mass is 16.4. The zero-order valence-corrected chi connectivity index (χ0v) is 12.3. The summed E-state index contributed by atoms with van der Waals surface area (Å²) >= 11 is 0. The Hall–Kier alpha value is -2.61. The lowest BCUT2D eigenvalue weighted by Gasteiger charge is -2.09. The lowest BCUT2D eigenvalue weighted by atomic mass is 9.96. The molecule has 110 valence electrons. The minimum absolute atomic E-state index is 0.175. The summed E-state index contributed by atoms with van der Waals surface area (Å²) in [5.74, 6) is -0.750. The van der Waals surface area contributed by atoms with Gasteiger partial charge in [-0.05, 0) is 40.3 Å². The fourth-order valence-corrected chi connectivity index (χ4v) is 2.78. The van der Waals surface area contributed by atoms with E-state index >= 15 is 0 Å². The molecule has 2 heteroatoms. The molecule has 0 unspecified atom stereocenters. The average molecular weight is 290 g/mol. The van der Waals surface area contributed by atoms with Crippen LogP contribution in [0.3, 0.4) is 0 Å². The number of hydrogen-bond donors (Lipinski definition) is 1. The molecule has 22 heavy (non-hydrogen) atoms. The summed E-state index contributed by atoms with van der Waals surface area (Å²) in [6, 6.07) is 22.9. The molecule has 3 aromatic carbocycles. The molecule has 0 aliphatic heterocycles. The van der Waals surface area contributed by atoms with E-state index in [0.29, 0.717) is 6.42 Å². The number of carboxylic acid groups (broad SMARTS) is 1. The number of aliphatic carboxylic acids is 1. The molecule has 0 radical (unpaired) electrons. The van der Waals surface area contributed by atoms with Gasteiger partial charge in [-0.1, -0.05) is 66.7 Å². The highest BCUT2D eigenvalue weighted by molar-refractivity contribution is 5.83. The Balaban J connectivity index is 1.86. The van der Waals surface area contributed by atoms with Crippen molar-refractivity contribution in [2.24, 2.45) is 0 Å². The molecule has 0 aliphatic carbocycles. The first-order valence-electron chi connectivity index (χ1n) is 7.48. The molecule has 1 N–H and O–H groups in total. The van der Waals surface area contributed by atoms with Gasteiger partial charge in [0.25, 0.3) is 0 Å². The maximum atomic E-state index is 10.8. The largest absolute Gasteiger partial charge is 0.481 e. The van der Waals surface area contributed by atoms with Crippen molar-refractivity contribution in [3.63, 3.8) is 0 Å². The number of aryl methyl sites for hydroxylation is 1. The van der Waals surface area contributed by atoms with E-state index in [9.17, 15) is 4.79 Å². The second kappa shape index (κ2) is 6.44. The van der Waals surface area contributed by atoms with Gasteiger partial charge in [0.15, 0.2) is 0 Å². The maximum Gasteiger partial charge on any atom is 0.303 e. The van der Waals surface area contributed by atoms with Crippen LogP contribution < -0.4 is 0 Å². The van der Waals surface area contributed by atoms with E-state index in [-0.39, 0.29) is 6.42 Å². The van der Waals surface area contributed by atoms with Crippen molar-refractivity contribution in [3.05, 3.63) is 83.4 Å². The summed E-state index contributed by atoms with van der Waals surface area (Å²) in [4.78, 5) is 10.8. The first kappa shape index (κ1) is 14.3. The number of rotatable bonds is 5. The van der Waals surface area contributed by atoms with Crippen molar-refractivity contribution in [1.82, 2.24) is 0 Å². The second-order valence-corrected chi connectivity index (χ2v) is 5.52. The van der Waals surface area contributed by atoms with Gasteiger partial charge in [0, 0.05) is 6.42 Å². The summed E-state index contributed by atoms with van der Waals surface area (Å²) in [5.41, 5.74) is 3.58. The summed E-state index contributed by atoms with van der Waals surface area (Å²) in [6.07, 6.45) is 1.59. The van der Waals surface area contributed by atoms with E-state index < -0.39 is 5.97 Å². The van der Waals surface area contributed by atoms with Gasteiger partial charge in [0.05, 0.1) is 0 Å². The smallest absolute Gasteiger partial charge is 0.303 e. The molecule has 0 atom stereocenters. The fourth-order valence-electron chi connectivity index (χ4n) is 2.78. The minimum Gasteiger partial charge on any atom is -0.481 e. The van der Waals surface area contributed by atoms with E-state index in [1.807, 2.05) is 30.3 Å². The van der Waals surface area contributed by atoms with Crippen LogP contribution in [0.2, 0.25) is 0 Å². The number of carbonyl (C=O) groups is 1. The molecular formula is C20H18O2. The lowest BCUT2D eigenvalue weighted by molar-refractivity contribution is -0.136. The van der Waals surface area contributed by atoms with E-state index in [0.717, 1.165) is 12.0 Å². The Morgan fingerprint density at radius 3 is 2.27 bits per heavy atom. The molecule has 0 saturated carbocycles. The third kappa shape index (κ3) is 3.34. The molecule has 0 fully saturated rings. The lowest BCUT2D eigenvalue weighted by Crippen LogP contribution is -2.01. The van der Waals surface area contributed by atoms with Gasteiger partial charge < -0.3 is 5.11 Å². The van der Waals surface area contributed by atoms with Crippen LogP contribution in [0.5, 0.6) is 0 Å². The van der Waals surface area contributed by atoms with Crippen LogP contribution in [0.1, 0.15) is 23.1 Å². The molecule has 0 spiro atoms. The van der Waals surface area contributed by atoms with Crippen LogP contribution in [0.4, 0.5) is 0 Å². The van der Waals surface area contributed by atoms with Crippen molar-refractivity contribution in [3.8, 4) is 0 Å². The fraction of sp³-hybridized carbons (Fsp3) is 0.150. The van der Waals surface area contributed by atoms with Crippen LogP contribution in [0.15, 0.2) is 66.7 Å². The van der Waals surface area contributed by atoms with E-state index in [1.54, 1.807) is 0 Å². The third-order valence-corrected chi connectivity index (χ3v) is 3.94. The Labute approximate surface area is 130 Å². The van der Waals surface area contributed by atoms with Crippen molar-refractivity contribution >= 4 is 16.7 Å². The number of carboxylic acids is 1. The van der Waals surface area contributed by atoms with Gasteiger partial charge in [0.2, 0.25) is 0 Å². The van der Waals surface area contributed by atoms with Crippen LogP contribution in [0, 0.1) is 0 Å². The topological polar surface area (TPSA) is 37.3 Å². The maximum absolute atomic E-state index is 10.8. The summed E-state index contributed by atoms with van der Waals surface area (Å²) in [7, 11) is 0. The monoisotopic (exact) mass is 290 g/mol. The quantitative estimate of drug-likeness (QED) is 0.754. The van der Waals surface area contributed by atoms with Gasteiger partial charge in [-0.25, -0.2) is 0 Å². The number of fused-ring (bicyclic) bond motifs is 1. The van der Waals surface area contributed by atoms with Crippen molar-refractivity contribution in [2.45, 2.75) is 19.3 Å². The molecule has 0 bridgehead atoms. The highest BCUT2D eigenvalue weighted by Gasteiger charge is 2.06. The molecule has 0 aromatic heterocycles. The zero-order valence-electron chi connectivity index (χ0n) is 12.3. The summed E-state index contributed by atoms with van der Waals surface area (Å²) in [6.45, 7) is 0. The van der Waals surface area contributed by atoms with Gasteiger partial charge in [0.1, 0.15) is 0 Å². The SMILES string of the molecule is O=C(O)CCc1ccccc1Cc1ccc2ccccc2c1. The molecular weight excluding hydrogens is 272 g/mol. The van der Waals surface area contributed by atoms with Crippen LogP contribution in [0.25, 0.3) is 10.8 Å². The first-order valence-corrected chi connectivity index (χ1v) is 7.48. The summed E-state index contributed by atoms with van der Waals surface area (Å²) in [5, 5.41) is 11.4. The number of hydrogen-bond acceptors (Lipinski definition) is 1. The van der Waals surface area contributed by atoms with Crippen molar-refractivity contribution in [1.29, 1.82) is 0 Å². The Kier molecular flexibility index (Phi) is 4.19. The molecule has 0 aliphatic rings. The highest BCUT2D eigenvalue weighted by Crippen LogP contribution is 2.20. The van der Waals surface area contributed by atoms with E-state index in [1.165, 1.54) is 21.9 Å². The average Bonchev–Trinajstić information content (AvgIpc) is 2.54. The number of benzene rings is 3. The van der Waals surface area contributed by atoms with Gasteiger partial charge in [-0.2, -0.15) is 0 Å². The summed E-state index contributed by atoms with van der Waals surface area (Å²) < 4.78 is 0. The van der Waals surface area contributed by atoms with Crippen LogP contribution in [-0.4, -0.2) is 11.1 Å². The Bertz CT molecular complexity index is 805. The van der Waals surface area contributed by atoms with E-state index in [4.69, 9.17) is 5.11 Å². The molecule has 0 saturated heterocycles. The first-order chi connectivity index (χ1) is 10.7. The van der Waals surface area contributed by atoms with Crippen LogP contribution in [-0.2, 0) is 17.6 Å². The third-order valence-electron chi connectivity index (χ3n) is 3.94. The van der Waals surface area contributed by atoms with Crippen LogP contribution >= 0.6 is 0 Å². The second-order valence-electron chi connectivity index (χ2n) is 5.52. The Morgan fingerprint density at radius 2 is 1.50 bits per heavy atom. The Morgan fingerprint density at radius 1 is 0.818 bits per heavy atom. The van der Waals surface area contributed by atoms with Gasteiger partial charge >= 0.3 is 5.97 Å². The predicted molar refractivity (Wildman–Crippen MR) is 89.2 cm³/mol. The van der Waals surface area contributed by atoms with Crippen molar-refractivity contribution < 1.29 is 9.90 Å². The standard InChI is InChI=1S/C20H18O2/c21-20(22)12-11-17-6-2-4-8-19(17)14-15-9-10-16-5-1-3-7-18(16)13-15/h1-10,13H,11-12,14H2,(H,21,22). The molecule has 0 heterocycles. The zero-order chi connectivity index (χ0) is 15.4. The normalized spacial score (nSPS) is 10.7. The van der Waals surface area contributed by atoms with E-state index in [2.05, 4.69) is 36.4 Å². The minimum atomic E-state index is -0.750. The molecule has 2 nitrogen and oxygen atoms in total. The van der Waals surface area contributed by atoms with Gasteiger partial charge in [-0.3, -0.25) is 4.79 Å². The molecule has 0 amide bonds.